The summed E-state index contributed by atoms with van der Waals surface area (Å²) in [4.78, 5) is 41.0. The highest BCUT2D eigenvalue weighted by atomic mass is 16.5. The molecule has 2 amide bonds. The Morgan fingerprint density at radius 2 is 1.61 bits per heavy atom. The molecular formula is C28H33N3O5. The van der Waals surface area contributed by atoms with Gasteiger partial charge in [0.25, 0.3) is 11.8 Å². The Bertz CT molecular complexity index is 1160. The van der Waals surface area contributed by atoms with Crippen LogP contribution in [0.1, 0.15) is 40.9 Å². The minimum Gasteiger partial charge on any atom is -0.388 e. The Labute approximate surface area is 212 Å². The number of rotatable bonds is 8. The minimum absolute atomic E-state index is 0.0400. The van der Waals surface area contributed by atoms with Crippen LogP contribution in [0.2, 0.25) is 0 Å². The normalized spacial score (nSPS) is 16.1. The fourth-order valence-corrected chi connectivity index (χ4v) is 4.19. The number of amides is 2. The monoisotopic (exact) mass is 491 g/mol. The summed E-state index contributed by atoms with van der Waals surface area (Å²) in [6.45, 7) is 5.28. The lowest BCUT2D eigenvalue weighted by Crippen LogP contribution is -2.62. The fraction of sp³-hybridized carbons (Fsp3) is 0.393. The standard InChI is InChI=1S/C28H33N3O5/c1-27(36-5)18-31(19-27)16-22-10-8-20(9-11-22)6-7-21-12-14-23(15-13-21)25(34)30(4)28(2,24(33)17-32)26(35)29-3/h8-15,32H,16-19H2,1-5H3,(H,29,35)/t28-/m1/s1. The van der Waals surface area contributed by atoms with Gasteiger partial charge in [0.1, 0.15) is 6.61 Å². The van der Waals surface area contributed by atoms with Gasteiger partial charge >= 0.3 is 0 Å². The first-order valence-electron chi connectivity index (χ1n) is 11.7. The zero-order valence-corrected chi connectivity index (χ0v) is 21.4. The molecule has 0 spiro atoms. The molecule has 1 atom stereocenters. The summed E-state index contributed by atoms with van der Waals surface area (Å²) >= 11 is 0. The SMILES string of the molecule is CNC(=O)[C@@](C)(C(=O)CO)N(C)C(=O)c1ccc(C#Cc2ccc(CN3CC(C)(OC)C3)cc2)cc1. The molecule has 1 fully saturated rings. The van der Waals surface area contributed by atoms with Gasteiger partial charge in [-0.15, -0.1) is 0 Å². The maximum atomic E-state index is 13.0. The fourth-order valence-electron chi connectivity index (χ4n) is 4.19. The Balaban J connectivity index is 1.65. The van der Waals surface area contributed by atoms with E-state index in [1.54, 1.807) is 31.4 Å². The van der Waals surface area contributed by atoms with E-state index in [1.807, 2.05) is 12.1 Å². The van der Waals surface area contributed by atoms with Crippen LogP contribution in [0.3, 0.4) is 0 Å². The van der Waals surface area contributed by atoms with Crippen LogP contribution in [0.25, 0.3) is 0 Å². The van der Waals surface area contributed by atoms with Crippen molar-refractivity contribution in [3.05, 3.63) is 70.8 Å². The number of ether oxygens (including phenoxy) is 1. The summed E-state index contributed by atoms with van der Waals surface area (Å²) in [5.74, 6) is 4.24. The Morgan fingerprint density at radius 1 is 1.08 bits per heavy atom. The first kappa shape index (κ1) is 27.1. The molecule has 1 aliphatic rings. The van der Waals surface area contributed by atoms with E-state index in [0.29, 0.717) is 5.56 Å². The van der Waals surface area contributed by atoms with Gasteiger partial charge in [0.2, 0.25) is 0 Å². The molecule has 0 aliphatic carbocycles. The smallest absolute Gasteiger partial charge is 0.254 e. The third-order valence-corrected chi connectivity index (χ3v) is 6.78. The number of aliphatic hydroxyl groups excluding tert-OH is 1. The van der Waals surface area contributed by atoms with Crippen LogP contribution in [0.5, 0.6) is 0 Å². The third kappa shape index (κ3) is 5.65. The van der Waals surface area contributed by atoms with Gasteiger partial charge in [0.15, 0.2) is 11.3 Å². The van der Waals surface area contributed by atoms with E-state index < -0.39 is 29.7 Å². The van der Waals surface area contributed by atoms with E-state index in [1.165, 1.54) is 26.6 Å². The van der Waals surface area contributed by atoms with Gasteiger partial charge in [-0.1, -0.05) is 24.0 Å². The van der Waals surface area contributed by atoms with E-state index in [0.717, 1.165) is 35.7 Å². The zero-order valence-electron chi connectivity index (χ0n) is 21.4. The quantitative estimate of drug-likeness (QED) is 0.428. The molecule has 36 heavy (non-hydrogen) atoms. The summed E-state index contributed by atoms with van der Waals surface area (Å²) < 4.78 is 5.49. The van der Waals surface area contributed by atoms with E-state index in [-0.39, 0.29) is 5.60 Å². The number of ketones is 1. The van der Waals surface area contributed by atoms with Crippen LogP contribution < -0.4 is 5.32 Å². The van der Waals surface area contributed by atoms with Crippen molar-refractivity contribution < 1.29 is 24.2 Å². The highest BCUT2D eigenvalue weighted by molar-refractivity contribution is 6.14. The lowest BCUT2D eigenvalue weighted by molar-refractivity contribution is -0.143. The minimum atomic E-state index is -1.83. The van der Waals surface area contributed by atoms with Gasteiger partial charge in [-0.3, -0.25) is 19.3 Å². The molecule has 1 saturated heterocycles. The number of likely N-dealkylation sites (tertiary alicyclic amines) is 1. The largest absolute Gasteiger partial charge is 0.388 e. The molecule has 0 saturated carbocycles. The average molecular weight is 492 g/mol. The summed E-state index contributed by atoms with van der Waals surface area (Å²) in [7, 11) is 4.48. The number of aliphatic hydroxyl groups is 1. The molecule has 1 heterocycles. The highest BCUT2D eigenvalue weighted by Gasteiger charge is 2.46. The molecule has 3 rings (SSSR count). The second kappa shape index (κ2) is 11.0. The van der Waals surface area contributed by atoms with Gasteiger partial charge < -0.3 is 20.1 Å². The van der Waals surface area contributed by atoms with E-state index in [2.05, 4.69) is 41.1 Å². The van der Waals surface area contributed by atoms with E-state index in [4.69, 9.17) is 4.74 Å². The van der Waals surface area contributed by atoms with Gasteiger partial charge in [0, 0.05) is 57.5 Å². The second-order valence-electron chi connectivity index (χ2n) is 9.42. The van der Waals surface area contributed by atoms with Gasteiger partial charge in [0.05, 0.1) is 5.60 Å². The molecular weight excluding hydrogens is 458 g/mol. The highest BCUT2D eigenvalue weighted by Crippen LogP contribution is 2.25. The van der Waals surface area contributed by atoms with Crippen LogP contribution in [-0.2, 0) is 20.9 Å². The van der Waals surface area contributed by atoms with Crippen molar-refractivity contribution in [1.82, 2.24) is 15.1 Å². The number of nitrogens with zero attached hydrogens (tertiary/aromatic N) is 2. The predicted molar refractivity (Wildman–Crippen MR) is 136 cm³/mol. The number of hydrogen-bond donors (Lipinski definition) is 2. The lowest BCUT2D eigenvalue weighted by Gasteiger charge is -2.47. The lowest BCUT2D eigenvalue weighted by atomic mass is 9.92. The Kier molecular flexibility index (Phi) is 8.31. The Morgan fingerprint density at radius 3 is 2.08 bits per heavy atom. The molecule has 0 bridgehead atoms. The van der Waals surface area contributed by atoms with Gasteiger partial charge in [-0.25, -0.2) is 0 Å². The molecule has 0 aromatic heterocycles. The topological polar surface area (TPSA) is 99.2 Å². The van der Waals surface area contributed by atoms with Crippen molar-refractivity contribution in [2.45, 2.75) is 31.5 Å². The summed E-state index contributed by atoms with van der Waals surface area (Å²) in [5, 5.41) is 11.7. The number of carbonyl (C=O) groups excluding carboxylic acids is 3. The molecule has 190 valence electrons. The van der Waals surface area contributed by atoms with Crippen LogP contribution >= 0.6 is 0 Å². The van der Waals surface area contributed by atoms with Gasteiger partial charge in [-0.2, -0.15) is 0 Å². The van der Waals surface area contributed by atoms with E-state index >= 15 is 0 Å². The van der Waals surface area contributed by atoms with Crippen molar-refractivity contribution in [3.63, 3.8) is 0 Å². The number of benzene rings is 2. The molecule has 1 aliphatic heterocycles. The Hall–Kier alpha value is -3.51. The first-order chi connectivity index (χ1) is 17.1. The summed E-state index contributed by atoms with van der Waals surface area (Å²) in [6, 6.07) is 14.7. The van der Waals surface area contributed by atoms with Crippen molar-refractivity contribution in [1.29, 1.82) is 0 Å². The molecule has 0 radical (unpaired) electrons. The maximum absolute atomic E-state index is 13.0. The molecule has 2 N–H and O–H groups in total. The van der Waals surface area contributed by atoms with Crippen LogP contribution in [0.15, 0.2) is 48.5 Å². The second-order valence-corrected chi connectivity index (χ2v) is 9.42. The zero-order chi connectivity index (χ0) is 26.5. The van der Waals surface area contributed by atoms with Crippen LogP contribution in [0.4, 0.5) is 0 Å². The molecule has 8 heteroatoms. The number of carbonyl (C=O) groups is 3. The number of Topliss-reactive ketones (excluding diaryl/α,β-unsaturated/α-hetero) is 1. The van der Waals surface area contributed by atoms with Crippen molar-refractivity contribution in [2.75, 3.05) is 40.9 Å². The van der Waals surface area contributed by atoms with Gasteiger partial charge in [-0.05, 0) is 55.8 Å². The van der Waals surface area contributed by atoms with Crippen LogP contribution in [0, 0.1) is 11.8 Å². The van der Waals surface area contributed by atoms with Crippen molar-refractivity contribution in [3.8, 4) is 11.8 Å². The average Bonchev–Trinajstić information content (AvgIpc) is 2.89. The predicted octanol–water partition coefficient (Wildman–Crippen LogP) is 1.45. The van der Waals surface area contributed by atoms with Crippen LogP contribution in [-0.4, -0.2) is 84.5 Å². The molecule has 2 aromatic carbocycles. The van der Waals surface area contributed by atoms with E-state index in [9.17, 15) is 19.5 Å². The number of hydrogen-bond acceptors (Lipinski definition) is 6. The number of nitrogens with one attached hydrogen (secondary N) is 1. The molecule has 0 unspecified atom stereocenters. The summed E-state index contributed by atoms with van der Waals surface area (Å²) in [6.07, 6.45) is 0. The van der Waals surface area contributed by atoms with Crippen molar-refractivity contribution in [2.24, 2.45) is 0 Å². The molecule has 8 nitrogen and oxygen atoms in total. The number of methoxy groups -OCH3 is 1. The maximum Gasteiger partial charge on any atom is 0.254 e. The first-order valence-corrected chi connectivity index (χ1v) is 11.7. The van der Waals surface area contributed by atoms with Crippen molar-refractivity contribution >= 4 is 17.6 Å². The molecule has 2 aromatic rings. The summed E-state index contributed by atoms with van der Waals surface area (Å²) in [5.41, 5.74) is 1.25. The number of likely N-dealkylation sites (N-methyl/N-ethyl adjacent to an activating group) is 2. The third-order valence-electron chi connectivity index (χ3n) is 6.78.